The van der Waals surface area contributed by atoms with Crippen LogP contribution in [0.25, 0.3) is 0 Å². The Labute approximate surface area is 223 Å². The van der Waals surface area contributed by atoms with Gasteiger partial charge in [0.15, 0.2) is 11.5 Å². The molecule has 0 fully saturated rings. The molecule has 38 heavy (non-hydrogen) atoms. The van der Waals surface area contributed by atoms with Crippen LogP contribution in [-0.4, -0.2) is 11.9 Å². The van der Waals surface area contributed by atoms with Gasteiger partial charge in [-0.3, -0.25) is 9.59 Å². The average molecular weight is 507 g/mol. The molecule has 4 aromatic rings. The zero-order chi connectivity index (χ0) is 26.7. The van der Waals surface area contributed by atoms with Crippen molar-refractivity contribution in [3.63, 3.8) is 0 Å². The lowest BCUT2D eigenvalue weighted by Crippen LogP contribution is -2.11. The molecule has 0 saturated heterocycles. The number of nitrogens with zero attached hydrogens (tertiary/aromatic N) is 2. The van der Waals surface area contributed by atoms with E-state index in [1.807, 2.05) is 74.5 Å². The van der Waals surface area contributed by atoms with Crippen LogP contribution >= 0.6 is 0 Å². The summed E-state index contributed by atoms with van der Waals surface area (Å²) in [5.41, 5.74) is 2.93. The normalized spacial score (nSPS) is 12.6. The van der Waals surface area contributed by atoms with E-state index in [0.717, 1.165) is 11.1 Å². The maximum atomic E-state index is 12.6. The number of hydrogen-bond acceptors (Lipinski definition) is 6. The van der Waals surface area contributed by atoms with E-state index < -0.39 is 0 Å². The van der Waals surface area contributed by atoms with Crippen LogP contribution in [0.1, 0.15) is 49.7 Å². The van der Waals surface area contributed by atoms with Gasteiger partial charge in [0.05, 0.1) is 12.8 Å². The highest BCUT2D eigenvalue weighted by atomic mass is 16.5. The SMILES string of the molecule is C[C@@H](CC(=O)Oc1ccccc1N=Nc1ccccc1OC(=O)C[C@H](C)c1ccccc1)c1ccccc1. The lowest BCUT2D eigenvalue weighted by Gasteiger charge is -2.12. The summed E-state index contributed by atoms with van der Waals surface area (Å²) in [4.78, 5) is 25.3. The fourth-order valence-corrected chi connectivity index (χ4v) is 3.99. The second kappa shape index (κ2) is 13.1. The standard InChI is InChI=1S/C32H30N2O4/c1-23(25-13-5-3-6-14-25)21-31(35)37-29-19-11-9-17-27(29)33-34-28-18-10-12-20-30(28)38-32(36)22-24(2)26-15-7-4-8-16-26/h3-20,23-24H,21-22H2,1-2H3/t23-,24-/m0/s1. The second-order valence-electron chi connectivity index (χ2n) is 9.12. The van der Waals surface area contributed by atoms with E-state index in [1.165, 1.54) is 0 Å². The van der Waals surface area contributed by atoms with Gasteiger partial charge >= 0.3 is 11.9 Å². The first-order valence-electron chi connectivity index (χ1n) is 12.6. The zero-order valence-corrected chi connectivity index (χ0v) is 21.5. The van der Waals surface area contributed by atoms with Gasteiger partial charge in [-0.25, -0.2) is 0 Å². The Morgan fingerprint density at radius 2 is 0.895 bits per heavy atom. The van der Waals surface area contributed by atoms with Crippen molar-refractivity contribution in [1.82, 2.24) is 0 Å². The molecule has 0 unspecified atom stereocenters. The van der Waals surface area contributed by atoms with Crippen molar-refractivity contribution in [2.45, 2.75) is 38.5 Å². The highest BCUT2D eigenvalue weighted by Crippen LogP contribution is 2.33. The molecule has 0 heterocycles. The molecular formula is C32H30N2O4. The molecule has 6 nitrogen and oxygen atoms in total. The van der Waals surface area contributed by atoms with Crippen molar-refractivity contribution in [3.05, 3.63) is 120 Å². The van der Waals surface area contributed by atoms with E-state index in [2.05, 4.69) is 10.2 Å². The molecule has 0 radical (unpaired) electrons. The van der Waals surface area contributed by atoms with Gasteiger partial charge < -0.3 is 9.47 Å². The molecule has 192 valence electrons. The first-order chi connectivity index (χ1) is 18.5. The van der Waals surface area contributed by atoms with Crippen LogP contribution in [0, 0.1) is 0 Å². The zero-order valence-electron chi connectivity index (χ0n) is 21.5. The van der Waals surface area contributed by atoms with Gasteiger partial charge in [0.2, 0.25) is 0 Å². The average Bonchev–Trinajstić information content (AvgIpc) is 2.94. The summed E-state index contributed by atoms with van der Waals surface area (Å²) in [6, 6.07) is 33.6. The molecule has 0 amide bonds. The number of benzene rings is 4. The van der Waals surface area contributed by atoms with Crippen molar-refractivity contribution in [1.29, 1.82) is 0 Å². The van der Waals surface area contributed by atoms with Gasteiger partial charge in [-0.05, 0) is 47.2 Å². The Hall–Kier alpha value is -4.58. The maximum absolute atomic E-state index is 12.6. The van der Waals surface area contributed by atoms with Crippen molar-refractivity contribution in [3.8, 4) is 11.5 Å². The van der Waals surface area contributed by atoms with E-state index in [9.17, 15) is 9.59 Å². The number of rotatable bonds is 10. The number of hydrogen-bond donors (Lipinski definition) is 0. The smallest absolute Gasteiger partial charge is 0.311 e. The molecule has 0 bridgehead atoms. The monoisotopic (exact) mass is 506 g/mol. The first kappa shape index (κ1) is 26.5. The highest BCUT2D eigenvalue weighted by Gasteiger charge is 2.16. The Kier molecular flexibility index (Phi) is 9.13. The lowest BCUT2D eigenvalue weighted by atomic mass is 9.98. The van der Waals surface area contributed by atoms with Crippen molar-refractivity contribution < 1.29 is 19.1 Å². The molecule has 0 spiro atoms. The molecule has 0 aliphatic heterocycles. The van der Waals surface area contributed by atoms with Gasteiger partial charge in [0, 0.05) is 0 Å². The van der Waals surface area contributed by atoms with Crippen LogP contribution in [0.4, 0.5) is 11.4 Å². The first-order valence-corrected chi connectivity index (χ1v) is 12.6. The van der Waals surface area contributed by atoms with Crippen LogP contribution in [0.5, 0.6) is 11.5 Å². The number of carbonyl (C=O) groups excluding carboxylic acids is 2. The minimum Gasteiger partial charge on any atom is -0.424 e. The topological polar surface area (TPSA) is 77.3 Å². The Morgan fingerprint density at radius 1 is 0.553 bits per heavy atom. The lowest BCUT2D eigenvalue weighted by molar-refractivity contribution is -0.135. The second-order valence-corrected chi connectivity index (χ2v) is 9.12. The van der Waals surface area contributed by atoms with E-state index in [0.29, 0.717) is 22.9 Å². The number of carbonyl (C=O) groups is 2. The third kappa shape index (κ3) is 7.46. The fourth-order valence-electron chi connectivity index (χ4n) is 3.99. The Morgan fingerprint density at radius 3 is 1.29 bits per heavy atom. The van der Waals surface area contributed by atoms with Crippen molar-refractivity contribution in [2.75, 3.05) is 0 Å². The third-order valence-electron chi connectivity index (χ3n) is 6.13. The molecule has 4 aromatic carbocycles. The van der Waals surface area contributed by atoms with Gasteiger partial charge in [-0.15, -0.1) is 10.2 Å². The van der Waals surface area contributed by atoms with Crippen LogP contribution in [0.2, 0.25) is 0 Å². The van der Waals surface area contributed by atoms with E-state index in [4.69, 9.17) is 9.47 Å². The van der Waals surface area contributed by atoms with Crippen molar-refractivity contribution >= 4 is 23.3 Å². The van der Waals surface area contributed by atoms with Crippen LogP contribution in [0.3, 0.4) is 0 Å². The molecule has 2 atom stereocenters. The summed E-state index contributed by atoms with van der Waals surface area (Å²) >= 11 is 0. The highest BCUT2D eigenvalue weighted by molar-refractivity contribution is 5.76. The Balaban J connectivity index is 1.42. The third-order valence-corrected chi connectivity index (χ3v) is 6.13. The summed E-state index contributed by atoms with van der Waals surface area (Å²) in [5.74, 6) is -0.0515. The predicted octanol–water partition coefficient (Wildman–Crippen LogP) is 8.30. The van der Waals surface area contributed by atoms with Crippen LogP contribution < -0.4 is 9.47 Å². The summed E-state index contributed by atoms with van der Waals surface area (Å²) < 4.78 is 11.3. The van der Waals surface area contributed by atoms with Crippen LogP contribution in [0.15, 0.2) is 119 Å². The largest absolute Gasteiger partial charge is 0.424 e. The van der Waals surface area contributed by atoms with Gasteiger partial charge in [0.1, 0.15) is 11.4 Å². The molecule has 0 N–H and O–H groups in total. The van der Waals surface area contributed by atoms with E-state index in [1.54, 1.807) is 48.5 Å². The maximum Gasteiger partial charge on any atom is 0.311 e. The molecule has 0 aliphatic carbocycles. The molecular weight excluding hydrogens is 476 g/mol. The predicted molar refractivity (Wildman–Crippen MR) is 147 cm³/mol. The summed E-state index contributed by atoms with van der Waals surface area (Å²) in [6.07, 6.45) is 0.464. The summed E-state index contributed by atoms with van der Waals surface area (Å²) in [5, 5.41) is 8.60. The van der Waals surface area contributed by atoms with E-state index >= 15 is 0 Å². The molecule has 6 heteroatoms. The molecule has 0 aromatic heterocycles. The number of para-hydroxylation sites is 2. The van der Waals surface area contributed by atoms with Gasteiger partial charge in [-0.2, -0.15) is 0 Å². The number of esters is 2. The van der Waals surface area contributed by atoms with Gasteiger partial charge in [-0.1, -0.05) is 98.8 Å². The minimum absolute atomic E-state index is 0.0173. The van der Waals surface area contributed by atoms with Crippen LogP contribution in [-0.2, 0) is 9.59 Å². The van der Waals surface area contributed by atoms with E-state index in [-0.39, 0.29) is 36.6 Å². The quantitative estimate of drug-likeness (QED) is 0.123. The van der Waals surface area contributed by atoms with Gasteiger partial charge in [0.25, 0.3) is 0 Å². The molecule has 0 aliphatic rings. The minimum atomic E-state index is -0.356. The Bertz CT molecular complexity index is 1280. The number of azo groups is 1. The molecule has 0 saturated carbocycles. The molecule has 4 rings (SSSR count). The fraction of sp³-hybridized carbons (Fsp3) is 0.188. The van der Waals surface area contributed by atoms with Crippen molar-refractivity contribution in [2.24, 2.45) is 10.2 Å². The summed E-state index contributed by atoms with van der Waals surface area (Å²) in [6.45, 7) is 3.97. The number of ether oxygens (including phenoxy) is 2. The summed E-state index contributed by atoms with van der Waals surface area (Å²) in [7, 11) is 0.